The number of carboxylic acid groups (broad SMARTS) is 1. The number of rotatable bonds is 4. The quantitative estimate of drug-likeness (QED) is 0.888. The molecule has 0 saturated carbocycles. The van der Waals surface area contributed by atoms with Gasteiger partial charge < -0.3 is 5.11 Å². The number of hydrogen-bond acceptors (Lipinski definition) is 3. The van der Waals surface area contributed by atoms with Crippen molar-refractivity contribution in [1.29, 1.82) is 0 Å². The summed E-state index contributed by atoms with van der Waals surface area (Å²) >= 11 is 11.5. The molecular weight excluding hydrogens is 337 g/mol. The highest BCUT2D eigenvalue weighted by molar-refractivity contribution is 7.92. The summed E-state index contributed by atoms with van der Waals surface area (Å²) in [6.45, 7) is 0. The zero-order valence-electron chi connectivity index (χ0n) is 10.4. The van der Waals surface area contributed by atoms with E-state index >= 15 is 0 Å². The highest BCUT2D eigenvalue weighted by Crippen LogP contribution is 2.23. The van der Waals surface area contributed by atoms with Crippen molar-refractivity contribution < 1.29 is 18.3 Å². The molecule has 0 atom stereocenters. The number of halogens is 2. The molecule has 0 aliphatic carbocycles. The molecule has 110 valence electrons. The molecule has 0 aliphatic heterocycles. The van der Waals surface area contributed by atoms with Crippen LogP contribution in [0.25, 0.3) is 0 Å². The number of carboxylic acids is 1. The molecule has 2 rings (SSSR count). The van der Waals surface area contributed by atoms with Gasteiger partial charge in [-0.15, -0.1) is 0 Å². The largest absolute Gasteiger partial charge is 0.478 e. The lowest BCUT2D eigenvalue weighted by Gasteiger charge is -2.09. The number of anilines is 1. The fourth-order valence-corrected chi connectivity index (χ4v) is 3.19. The molecular formula is C13H9Cl2NO4S. The molecule has 2 aromatic rings. The van der Waals surface area contributed by atoms with Gasteiger partial charge in [0.25, 0.3) is 10.0 Å². The van der Waals surface area contributed by atoms with Gasteiger partial charge in [-0.3, -0.25) is 4.72 Å². The van der Waals surface area contributed by atoms with Gasteiger partial charge in [0.1, 0.15) is 0 Å². The summed E-state index contributed by atoms with van der Waals surface area (Å²) in [6, 6.07) is 9.58. The maximum Gasteiger partial charge on any atom is 0.337 e. The number of sulfonamides is 1. The van der Waals surface area contributed by atoms with Crippen LogP contribution in [0.15, 0.2) is 47.4 Å². The van der Waals surface area contributed by atoms with Crippen LogP contribution in [-0.4, -0.2) is 19.5 Å². The minimum Gasteiger partial charge on any atom is -0.478 e. The molecule has 0 fully saturated rings. The van der Waals surface area contributed by atoms with Crippen molar-refractivity contribution in [1.82, 2.24) is 0 Å². The molecule has 2 N–H and O–H groups in total. The van der Waals surface area contributed by atoms with Gasteiger partial charge in [-0.25, -0.2) is 13.2 Å². The molecule has 21 heavy (non-hydrogen) atoms. The van der Waals surface area contributed by atoms with Crippen LogP contribution >= 0.6 is 23.2 Å². The van der Waals surface area contributed by atoms with Crippen LogP contribution in [0.2, 0.25) is 10.0 Å². The summed E-state index contributed by atoms with van der Waals surface area (Å²) in [7, 11) is -3.88. The number of nitrogens with one attached hydrogen (secondary N) is 1. The van der Waals surface area contributed by atoms with E-state index in [1.807, 2.05) is 0 Å². The molecule has 2 aromatic carbocycles. The van der Waals surface area contributed by atoms with Gasteiger partial charge in [0, 0.05) is 5.02 Å². The fraction of sp³-hybridized carbons (Fsp3) is 0. The Morgan fingerprint density at radius 1 is 1.10 bits per heavy atom. The predicted octanol–water partition coefficient (Wildman–Crippen LogP) is 3.49. The molecule has 0 amide bonds. The third-order valence-corrected chi connectivity index (χ3v) is 4.48. The van der Waals surface area contributed by atoms with E-state index in [-0.39, 0.29) is 15.5 Å². The first-order valence-electron chi connectivity index (χ1n) is 5.61. The van der Waals surface area contributed by atoms with Gasteiger partial charge in [0.05, 0.1) is 21.2 Å². The van der Waals surface area contributed by atoms with Crippen LogP contribution < -0.4 is 4.72 Å². The maximum atomic E-state index is 12.2. The van der Waals surface area contributed by atoms with Crippen molar-refractivity contribution in [3.63, 3.8) is 0 Å². The Hall–Kier alpha value is -1.76. The highest BCUT2D eigenvalue weighted by atomic mass is 35.5. The molecule has 0 aliphatic rings. The Kier molecular flexibility index (Phi) is 4.41. The zero-order valence-corrected chi connectivity index (χ0v) is 12.7. The lowest BCUT2D eigenvalue weighted by Crippen LogP contribution is -2.13. The number of aromatic carboxylic acids is 1. The number of benzene rings is 2. The molecule has 0 spiro atoms. The van der Waals surface area contributed by atoms with Crippen molar-refractivity contribution in [2.45, 2.75) is 4.90 Å². The van der Waals surface area contributed by atoms with Crippen molar-refractivity contribution >= 4 is 44.9 Å². The molecule has 0 heterocycles. The lowest BCUT2D eigenvalue weighted by atomic mass is 10.2. The van der Waals surface area contributed by atoms with E-state index < -0.39 is 16.0 Å². The van der Waals surface area contributed by atoms with Crippen LogP contribution in [0.5, 0.6) is 0 Å². The van der Waals surface area contributed by atoms with E-state index in [4.69, 9.17) is 28.3 Å². The van der Waals surface area contributed by atoms with Crippen molar-refractivity contribution in [3.05, 3.63) is 58.1 Å². The molecule has 0 bridgehead atoms. The summed E-state index contributed by atoms with van der Waals surface area (Å²) in [5.74, 6) is -1.23. The van der Waals surface area contributed by atoms with Crippen LogP contribution in [0.1, 0.15) is 10.4 Å². The average molecular weight is 346 g/mol. The SMILES string of the molecule is O=C(O)c1ccc(S(=O)(=O)Nc2cccc(Cl)c2)cc1Cl. The van der Waals surface area contributed by atoms with Gasteiger partial charge in [0.2, 0.25) is 0 Å². The van der Waals surface area contributed by atoms with Gasteiger partial charge in [-0.1, -0.05) is 29.3 Å². The summed E-state index contributed by atoms with van der Waals surface area (Å²) in [6.07, 6.45) is 0. The van der Waals surface area contributed by atoms with E-state index in [9.17, 15) is 13.2 Å². The van der Waals surface area contributed by atoms with E-state index in [0.29, 0.717) is 10.7 Å². The molecule has 0 aromatic heterocycles. The molecule has 0 unspecified atom stereocenters. The summed E-state index contributed by atoms with van der Waals surface area (Å²) in [5.41, 5.74) is 0.124. The molecule has 0 radical (unpaired) electrons. The Morgan fingerprint density at radius 3 is 2.38 bits per heavy atom. The second kappa shape index (κ2) is 5.93. The summed E-state index contributed by atoms with van der Waals surface area (Å²) in [4.78, 5) is 10.7. The Balaban J connectivity index is 2.36. The van der Waals surface area contributed by atoms with E-state index in [2.05, 4.69) is 4.72 Å². The molecule has 0 saturated heterocycles. The van der Waals surface area contributed by atoms with Gasteiger partial charge >= 0.3 is 5.97 Å². The summed E-state index contributed by atoms with van der Waals surface area (Å²) in [5, 5.41) is 9.09. The Bertz CT molecular complexity index is 806. The van der Waals surface area contributed by atoms with Crippen LogP contribution in [0.4, 0.5) is 5.69 Å². The summed E-state index contributed by atoms with van der Waals surface area (Å²) < 4.78 is 26.7. The van der Waals surface area contributed by atoms with Crippen LogP contribution in [-0.2, 0) is 10.0 Å². The smallest absolute Gasteiger partial charge is 0.337 e. The van der Waals surface area contributed by atoms with Crippen molar-refractivity contribution in [3.8, 4) is 0 Å². The maximum absolute atomic E-state index is 12.2. The topological polar surface area (TPSA) is 83.5 Å². The average Bonchev–Trinajstić information content (AvgIpc) is 2.37. The first kappa shape index (κ1) is 15.6. The van der Waals surface area contributed by atoms with Crippen molar-refractivity contribution in [2.75, 3.05) is 4.72 Å². The third-order valence-electron chi connectivity index (χ3n) is 2.56. The number of carbonyl (C=O) groups is 1. The van der Waals surface area contributed by atoms with Gasteiger partial charge in [0.15, 0.2) is 0 Å². The Morgan fingerprint density at radius 2 is 1.81 bits per heavy atom. The van der Waals surface area contributed by atoms with E-state index in [1.165, 1.54) is 18.2 Å². The van der Waals surface area contributed by atoms with Gasteiger partial charge in [-0.2, -0.15) is 0 Å². The zero-order chi connectivity index (χ0) is 15.6. The second-order valence-electron chi connectivity index (χ2n) is 4.06. The highest BCUT2D eigenvalue weighted by Gasteiger charge is 2.18. The predicted molar refractivity (Wildman–Crippen MR) is 80.7 cm³/mol. The monoisotopic (exact) mass is 345 g/mol. The van der Waals surface area contributed by atoms with Gasteiger partial charge in [-0.05, 0) is 36.4 Å². The number of hydrogen-bond donors (Lipinski definition) is 2. The van der Waals surface area contributed by atoms with E-state index in [1.54, 1.807) is 12.1 Å². The molecule has 5 nitrogen and oxygen atoms in total. The second-order valence-corrected chi connectivity index (χ2v) is 6.59. The minimum absolute atomic E-state index is 0.141. The third kappa shape index (κ3) is 3.66. The Labute approximate surface area is 131 Å². The van der Waals surface area contributed by atoms with Crippen LogP contribution in [0, 0.1) is 0 Å². The van der Waals surface area contributed by atoms with E-state index in [0.717, 1.165) is 12.1 Å². The van der Waals surface area contributed by atoms with Crippen molar-refractivity contribution in [2.24, 2.45) is 0 Å². The first-order chi connectivity index (χ1) is 9.79. The first-order valence-corrected chi connectivity index (χ1v) is 7.85. The standard InChI is InChI=1S/C13H9Cl2NO4S/c14-8-2-1-3-9(6-8)16-21(19,20)10-4-5-11(13(17)18)12(15)7-10/h1-7,16H,(H,17,18). The normalized spacial score (nSPS) is 11.1. The lowest BCUT2D eigenvalue weighted by molar-refractivity contribution is 0.0697. The minimum atomic E-state index is -3.88. The fourth-order valence-electron chi connectivity index (χ4n) is 1.60. The van der Waals surface area contributed by atoms with Crippen LogP contribution in [0.3, 0.4) is 0 Å². The molecule has 8 heteroatoms.